The van der Waals surface area contributed by atoms with Crippen LogP contribution in [0.2, 0.25) is 0 Å². The maximum absolute atomic E-state index is 13.8. The first-order valence-corrected chi connectivity index (χ1v) is 11.3. The summed E-state index contributed by atoms with van der Waals surface area (Å²) in [7, 11) is 0. The molecule has 0 bridgehead atoms. The predicted molar refractivity (Wildman–Crippen MR) is 111 cm³/mol. The summed E-state index contributed by atoms with van der Waals surface area (Å²) >= 11 is 0.656. The molecule has 1 fully saturated rings. The fourth-order valence-electron chi connectivity index (χ4n) is 2.67. The smallest absolute Gasteiger partial charge is 0.355 e. The molecule has 1 aliphatic rings. The number of thioether (sulfide) groups is 2. The van der Waals surface area contributed by atoms with Crippen molar-refractivity contribution in [3.05, 3.63) is 71.0 Å². The maximum Gasteiger partial charge on any atom is 0.355 e. The number of ether oxygens (including phenoxy) is 1. The summed E-state index contributed by atoms with van der Waals surface area (Å²) < 4.78 is 97.1. The molecule has 0 radical (unpaired) electrons. The van der Waals surface area contributed by atoms with Crippen LogP contribution in [0.5, 0.6) is 0 Å². The molecule has 1 unspecified atom stereocenters. The van der Waals surface area contributed by atoms with Gasteiger partial charge in [-0.3, -0.25) is 4.79 Å². The second-order valence-corrected chi connectivity index (χ2v) is 9.23. The first kappa shape index (κ1) is 26.5. The van der Waals surface area contributed by atoms with Crippen LogP contribution in [0.3, 0.4) is 0 Å². The SMILES string of the molecule is CCSC(F)(F)C(=O)c1ccc(F)cc1F.CCSC(F)(F)C1(c2ccc(F)cc2)CO1. The van der Waals surface area contributed by atoms with Crippen LogP contribution in [-0.4, -0.2) is 34.4 Å². The summed E-state index contributed by atoms with van der Waals surface area (Å²) in [6.07, 6.45) is 0. The van der Waals surface area contributed by atoms with Gasteiger partial charge in [0.05, 0.1) is 12.2 Å². The molecule has 11 heteroatoms. The van der Waals surface area contributed by atoms with Gasteiger partial charge in [0.25, 0.3) is 0 Å². The molecular weight excluding hydrogens is 481 g/mol. The zero-order valence-electron chi connectivity index (χ0n) is 16.9. The molecule has 3 rings (SSSR count). The topological polar surface area (TPSA) is 29.6 Å². The molecule has 0 amide bonds. The fourth-order valence-corrected chi connectivity index (χ4v) is 4.10. The molecule has 0 saturated carbocycles. The van der Waals surface area contributed by atoms with E-state index in [1.807, 2.05) is 0 Å². The Morgan fingerprint density at radius 1 is 0.938 bits per heavy atom. The highest BCUT2D eigenvalue weighted by Crippen LogP contribution is 2.55. The summed E-state index contributed by atoms with van der Waals surface area (Å²) in [5.74, 6) is -3.95. The van der Waals surface area contributed by atoms with Crippen molar-refractivity contribution in [1.82, 2.24) is 0 Å². The first-order valence-electron chi connectivity index (χ1n) is 9.33. The summed E-state index contributed by atoms with van der Waals surface area (Å²) in [5, 5.41) is -6.66. The number of rotatable bonds is 8. The molecule has 2 aromatic rings. The number of carbonyl (C=O) groups excluding carboxylic acids is 1. The minimum Gasteiger partial charge on any atom is -0.357 e. The van der Waals surface area contributed by atoms with Gasteiger partial charge in [-0.15, -0.1) is 0 Å². The molecule has 0 spiro atoms. The number of ketones is 1. The van der Waals surface area contributed by atoms with Crippen LogP contribution >= 0.6 is 23.5 Å². The molecule has 1 aliphatic heterocycles. The third-order valence-electron chi connectivity index (χ3n) is 4.31. The Labute approximate surface area is 188 Å². The molecule has 32 heavy (non-hydrogen) atoms. The summed E-state index contributed by atoms with van der Waals surface area (Å²) in [6.45, 7) is 3.10. The Balaban J connectivity index is 0.000000227. The number of benzene rings is 2. The molecule has 1 atom stereocenters. The van der Waals surface area contributed by atoms with Crippen LogP contribution in [-0.2, 0) is 10.3 Å². The van der Waals surface area contributed by atoms with Crippen molar-refractivity contribution in [2.24, 2.45) is 0 Å². The van der Waals surface area contributed by atoms with Gasteiger partial charge in [0.15, 0.2) is 5.60 Å². The highest BCUT2D eigenvalue weighted by Gasteiger charge is 2.65. The average Bonchev–Trinajstić information content (AvgIpc) is 3.51. The van der Waals surface area contributed by atoms with Crippen molar-refractivity contribution >= 4 is 29.3 Å². The zero-order valence-corrected chi connectivity index (χ0v) is 18.6. The van der Waals surface area contributed by atoms with Crippen molar-refractivity contribution in [2.45, 2.75) is 30.0 Å². The summed E-state index contributed by atoms with van der Waals surface area (Å²) in [6, 6.07) is 6.94. The van der Waals surface area contributed by atoms with Crippen molar-refractivity contribution in [2.75, 3.05) is 18.1 Å². The Kier molecular flexibility index (Phi) is 8.69. The van der Waals surface area contributed by atoms with E-state index < -0.39 is 44.9 Å². The standard InChI is InChI=1S/C11H11F3OS.C10H8F4OS/c1-2-16-11(13,14)10(7-15-10)8-3-5-9(12)6-4-8;1-2-16-10(13,14)9(15)7-4-3-6(11)5-8(7)12/h3-6H,2,7H2,1H3;3-5H,2H2,1H3. The van der Waals surface area contributed by atoms with Crippen LogP contribution in [0.25, 0.3) is 0 Å². The van der Waals surface area contributed by atoms with Crippen LogP contribution < -0.4 is 0 Å². The van der Waals surface area contributed by atoms with E-state index in [9.17, 15) is 35.5 Å². The highest BCUT2D eigenvalue weighted by molar-refractivity contribution is 8.01. The lowest BCUT2D eigenvalue weighted by Crippen LogP contribution is -2.32. The Bertz CT molecular complexity index is 932. The van der Waals surface area contributed by atoms with Gasteiger partial charge in [-0.2, -0.15) is 17.6 Å². The zero-order chi connectivity index (χ0) is 24.2. The number of alkyl halides is 4. The predicted octanol–water partition coefficient (Wildman–Crippen LogP) is 6.89. The van der Waals surface area contributed by atoms with Crippen LogP contribution in [0.15, 0.2) is 42.5 Å². The third kappa shape index (κ3) is 5.99. The van der Waals surface area contributed by atoms with E-state index in [4.69, 9.17) is 4.74 Å². The lowest BCUT2D eigenvalue weighted by molar-refractivity contribution is 0.00962. The van der Waals surface area contributed by atoms with Gasteiger partial charge in [0, 0.05) is 6.07 Å². The van der Waals surface area contributed by atoms with Gasteiger partial charge in [-0.25, -0.2) is 13.2 Å². The Hall–Kier alpha value is -1.72. The number of hydrogen-bond donors (Lipinski definition) is 0. The van der Waals surface area contributed by atoms with Gasteiger partial charge >= 0.3 is 10.5 Å². The van der Waals surface area contributed by atoms with Crippen LogP contribution in [0.1, 0.15) is 29.8 Å². The normalized spacial score (nSPS) is 18.0. The molecule has 2 aromatic carbocycles. The molecule has 0 aliphatic carbocycles. The average molecular weight is 501 g/mol. The monoisotopic (exact) mass is 500 g/mol. The second kappa shape index (κ2) is 10.5. The molecule has 0 N–H and O–H groups in total. The summed E-state index contributed by atoms with van der Waals surface area (Å²) in [5.41, 5.74) is -2.02. The van der Waals surface area contributed by atoms with Gasteiger partial charge < -0.3 is 4.74 Å². The van der Waals surface area contributed by atoms with E-state index in [0.717, 1.165) is 12.1 Å². The van der Waals surface area contributed by atoms with Crippen molar-refractivity contribution in [1.29, 1.82) is 0 Å². The molecule has 2 nitrogen and oxygen atoms in total. The number of hydrogen-bond acceptors (Lipinski definition) is 4. The lowest BCUT2D eigenvalue weighted by atomic mass is 10.0. The van der Waals surface area contributed by atoms with Crippen LogP contribution in [0, 0.1) is 17.5 Å². The number of Topliss-reactive ketones (excluding diaryl/α,β-unsaturated/α-hetero) is 1. The Morgan fingerprint density at radius 3 is 1.94 bits per heavy atom. The summed E-state index contributed by atoms with van der Waals surface area (Å²) in [4.78, 5) is 11.3. The maximum atomic E-state index is 13.8. The molecule has 1 saturated heterocycles. The van der Waals surface area contributed by atoms with Crippen LogP contribution in [0.4, 0.5) is 30.7 Å². The van der Waals surface area contributed by atoms with Crippen molar-refractivity contribution in [3.63, 3.8) is 0 Å². The molecule has 176 valence electrons. The minimum absolute atomic E-state index is 0.0152. The lowest BCUT2D eigenvalue weighted by Gasteiger charge is -2.22. The van der Waals surface area contributed by atoms with Gasteiger partial charge in [0.2, 0.25) is 5.78 Å². The van der Waals surface area contributed by atoms with Crippen molar-refractivity contribution < 1.29 is 40.3 Å². The van der Waals surface area contributed by atoms with Gasteiger partial charge in [0.1, 0.15) is 17.5 Å². The van der Waals surface area contributed by atoms with Gasteiger partial charge in [-0.05, 0) is 41.3 Å². The number of carbonyl (C=O) groups is 1. The third-order valence-corrected chi connectivity index (χ3v) is 6.12. The Morgan fingerprint density at radius 2 is 1.47 bits per heavy atom. The quantitative estimate of drug-likeness (QED) is 0.224. The second-order valence-electron chi connectivity index (χ2n) is 6.48. The number of halogens is 7. The number of epoxide rings is 1. The minimum atomic E-state index is -3.69. The van der Waals surface area contributed by atoms with E-state index in [1.54, 1.807) is 6.92 Å². The first-order chi connectivity index (χ1) is 14.9. The molecule has 0 aromatic heterocycles. The van der Waals surface area contributed by atoms with Gasteiger partial charge in [-0.1, -0.05) is 49.5 Å². The van der Waals surface area contributed by atoms with E-state index >= 15 is 0 Å². The van der Waals surface area contributed by atoms with E-state index in [-0.39, 0.29) is 24.1 Å². The largest absolute Gasteiger partial charge is 0.357 e. The van der Waals surface area contributed by atoms with E-state index in [2.05, 4.69) is 0 Å². The fraction of sp³-hybridized carbons (Fsp3) is 0.381. The van der Waals surface area contributed by atoms with E-state index in [0.29, 0.717) is 29.1 Å². The molecular formula is C21H19F7O2S2. The molecule has 1 heterocycles. The van der Waals surface area contributed by atoms with Crippen molar-refractivity contribution in [3.8, 4) is 0 Å². The highest BCUT2D eigenvalue weighted by atomic mass is 32.2. The van der Waals surface area contributed by atoms with E-state index in [1.165, 1.54) is 31.2 Å².